The van der Waals surface area contributed by atoms with Crippen LogP contribution in [0.2, 0.25) is 0 Å². The minimum absolute atomic E-state index is 0.0242. The Balaban J connectivity index is 2.96. The van der Waals surface area contributed by atoms with Crippen LogP contribution in [0.3, 0.4) is 0 Å². The number of urea groups is 1. The minimum Gasteiger partial charge on any atom is -0.351 e. The molecule has 0 heterocycles. The van der Waals surface area contributed by atoms with Crippen molar-refractivity contribution in [3.63, 3.8) is 0 Å². The quantitative estimate of drug-likeness (QED) is 0.855. The van der Waals surface area contributed by atoms with Crippen molar-refractivity contribution in [3.05, 3.63) is 35.4 Å². The third-order valence-corrected chi connectivity index (χ3v) is 2.95. The van der Waals surface area contributed by atoms with Gasteiger partial charge < -0.3 is 10.6 Å². The molecule has 0 radical (unpaired) electrons. The zero-order valence-corrected chi connectivity index (χ0v) is 11.1. The molecule has 17 heavy (non-hydrogen) atoms. The van der Waals surface area contributed by atoms with Crippen LogP contribution in [-0.2, 0) is 0 Å². The van der Waals surface area contributed by atoms with Gasteiger partial charge >= 0.3 is 6.03 Å². The molecule has 0 bridgehead atoms. The molecule has 1 aromatic rings. The number of aryl methyl sites for hydroxylation is 1. The highest BCUT2D eigenvalue weighted by atomic mass is 16.2. The Labute approximate surface area is 104 Å². The van der Waals surface area contributed by atoms with Gasteiger partial charge in [-0.15, -0.1) is 0 Å². The van der Waals surface area contributed by atoms with Crippen molar-refractivity contribution in [2.75, 3.05) is 6.54 Å². The van der Waals surface area contributed by atoms with Gasteiger partial charge in [-0.1, -0.05) is 38.1 Å². The van der Waals surface area contributed by atoms with Gasteiger partial charge in [0.2, 0.25) is 0 Å². The van der Waals surface area contributed by atoms with Crippen molar-refractivity contribution in [1.29, 1.82) is 0 Å². The second kappa shape index (κ2) is 5.71. The molecule has 2 amide bonds. The van der Waals surface area contributed by atoms with E-state index < -0.39 is 0 Å². The van der Waals surface area contributed by atoms with E-state index in [2.05, 4.69) is 32.9 Å². The van der Waals surface area contributed by atoms with Crippen molar-refractivity contribution < 1.29 is 4.79 Å². The van der Waals surface area contributed by atoms with Crippen LogP contribution in [0.15, 0.2) is 24.3 Å². The zero-order chi connectivity index (χ0) is 13.0. The van der Waals surface area contributed by atoms with Crippen molar-refractivity contribution in [2.24, 2.45) is 11.7 Å². The summed E-state index contributed by atoms with van der Waals surface area (Å²) in [6.07, 6.45) is 0. The number of rotatable bonds is 4. The fraction of sp³-hybridized carbons (Fsp3) is 0.500. The lowest BCUT2D eigenvalue weighted by Crippen LogP contribution is -2.40. The number of carbonyl (C=O) groups is 1. The van der Waals surface area contributed by atoms with E-state index in [-0.39, 0.29) is 12.1 Å². The third-order valence-electron chi connectivity index (χ3n) is 2.95. The first-order valence-corrected chi connectivity index (χ1v) is 6.05. The summed E-state index contributed by atoms with van der Waals surface area (Å²) in [5, 5.41) is 0. The maximum atomic E-state index is 11.5. The fourth-order valence-electron chi connectivity index (χ4n) is 2.06. The molecule has 0 unspecified atom stereocenters. The molecular weight excluding hydrogens is 212 g/mol. The first-order chi connectivity index (χ1) is 7.93. The van der Waals surface area contributed by atoms with Gasteiger partial charge in [-0.2, -0.15) is 0 Å². The van der Waals surface area contributed by atoms with E-state index in [4.69, 9.17) is 5.73 Å². The molecule has 0 spiro atoms. The zero-order valence-electron chi connectivity index (χ0n) is 11.1. The van der Waals surface area contributed by atoms with Gasteiger partial charge in [0.05, 0.1) is 6.04 Å². The number of carbonyl (C=O) groups excluding carboxylic acids is 1. The van der Waals surface area contributed by atoms with Gasteiger partial charge in [-0.05, 0) is 30.9 Å². The minimum atomic E-state index is -0.352. The summed E-state index contributed by atoms with van der Waals surface area (Å²) in [4.78, 5) is 13.2. The van der Waals surface area contributed by atoms with Crippen molar-refractivity contribution in [1.82, 2.24) is 4.90 Å². The van der Waals surface area contributed by atoms with Crippen LogP contribution < -0.4 is 5.73 Å². The molecule has 3 nitrogen and oxygen atoms in total. The number of primary amides is 1. The Morgan fingerprint density at radius 3 is 2.35 bits per heavy atom. The molecule has 3 heteroatoms. The molecule has 0 saturated carbocycles. The van der Waals surface area contributed by atoms with E-state index in [1.54, 1.807) is 4.90 Å². The van der Waals surface area contributed by atoms with Gasteiger partial charge in [0.15, 0.2) is 0 Å². The summed E-state index contributed by atoms with van der Waals surface area (Å²) >= 11 is 0. The normalized spacial score (nSPS) is 12.5. The SMILES string of the molecule is Cc1ccccc1[C@@H](C)N(CC(C)C)C(N)=O. The Hall–Kier alpha value is -1.51. The summed E-state index contributed by atoms with van der Waals surface area (Å²) in [7, 11) is 0. The second-order valence-corrected chi connectivity index (χ2v) is 4.92. The Morgan fingerprint density at radius 2 is 1.88 bits per heavy atom. The van der Waals surface area contributed by atoms with Crippen LogP contribution in [0.1, 0.15) is 37.9 Å². The van der Waals surface area contributed by atoms with E-state index in [1.165, 1.54) is 5.56 Å². The van der Waals surface area contributed by atoms with Crippen molar-refractivity contribution in [3.8, 4) is 0 Å². The van der Waals surface area contributed by atoms with Gasteiger partial charge in [0, 0.05) is 6.54 Å². The molecule has 1 atom stereocenters. The maximum Gasteiger partial charge on any atom is 0.315 e. The number of amides is 2. The lowest BCUT2D eigenvalue weighted by atomic mass is 10.0. The number of nitrogens with two attached hydrogens (primary N) is 1. The van der Waals surface area contributed by atoms with Crippen LogP contribution in [0.4, 0.5) is 4.79 Å². The molecular formula is C14H22N2O. The highest BCUT2D eigenvalue weighted by molar-refractivity contribution is 5.72. The van der Waals surface area contributed by atoms with Crippen LogP contribution >= 0.6 is 0 Å². The van der Waals surface area contributed by atoms with Gasteiger partial charge in [0.25, 0.3) is 0 Å². The molecule has 0 aliphatic rings. The van der Waals surface area contributed by atoms with E-state index in [0.29, 0.717) is 12.5 Å². The monoisotopic (exact) mass is 234 g/mol. The smallest absolute Gasteiger partial charge is 0.315 e. The van der Waals surface area contributed by atoms with E-state index >= 15 is 0 Å². The third kappa shape index (κ3) is 3.48. The molecule has 0 aliphatic carbocycles. The van der Waals surface area contributed by atoms with E-state index in [1.807, 2.05) is 19.1 Å². The summed E-state index contributed by atoms with van der Waals surface area (Å²) in [6, 6.07) is 7.78. The second-order valence-electron chi connectivity index (χ2n) is 4.92. The molecule has 2 N–H and O–H groups in total. The van der Waals surface area contributed by atoms with Gasteiger partial charge in [-0.3, -0.25) is 0 Å². The average Bonchev–Trinajstić information content (AvgIpc) is 2.25. The highest BCUT2D eigenvalue weighted by Gasteiger charge is 2.20. The van der Waals surface area contributed by atoms with Gasteiger partial charge in [-0.25, -0.2) is 4.79 Å². The highest BCUT2D eigenvalue weighted by Crippen LogP contribution is 2.23. The fourth-order valence-corrected chi connectivity index (χ4v) is 2.06. The molecule has 1 rings (SSSR count). The lowest BCUT2D eigenvalue weighted by molar-refractivity contribution is 0.179. The number of hydrogen-bond acceptors (Lipinski definition) is 1. The molecule has 0 aromatic heterocycles. The summed E-state index contributed by atoms with van der Waals surface area (Å²) in [5.74, 6) is 0.411. The molecule has 0 saturated heterocycles. The number of nitrogens with zero attached hydrogens (tertiary/aromatic N) is 1. The van der Waals surface area contributed by atoms with Crippen LogP contribution in [-0.4, -0.2) is 17.5 Å². The summed E-state index contributed by atoms with van der Waals surface area (Å²) < 4.78 is 0. The Morgan fingerprint density at radius 1 is 1.29 bits per heavy atom. The maximum absolute atomic E-state index is 11.5. The summed E-state index contributed by atoms with van der Waals surface area (Å²) in [6.45, 7) is 8.93. The van der Waals surface area contributed by atoms with E-state index in [0.717, 1.165) is 5.56 Å². The predicted molar refractivity (Wildman–Crippen MR) is 70.7 cm³/mol. The standard InChI is InChI=1S/C14H22N2O/c1-10(2)9-16(14(15)17)12(4)13-8-6-5-7-11(13)3/h5-8,10,12H,9H2,1-4H3,(H2,15,17)/t12-/m1/s1. The van der Waals surface area contributed by atoms with Crippen LogP contribution in [0, 0.1) is 12.8 Å². The first-order valence-electron chi connectivity index (χ1n) is 6.05. The first kappa shape index (κ1) is 13.6. The Bertz CT molecular complexity index is 388. The largest absolute Gasteiger partial charge is 0.351 e. The topological polar surface area (TPSA) is 46.3 Å². The number of hydrogen-bond donors (Lipinski definition) is 1. The molecule has 0 aliphatic heterocycles. The summed E-state index contributed by atoms with van der Waals surface area (Å²) in [5.41, 5.74) is 7.81. The lowest BCUT2D eigenvalue weighted by Gasteiger charge is -2.30. The molecule has 94 valence electrons. The van der Waals surface area contributed by atoms with Crippen molar-refractivity contribution >= 4 is 6.03 Å². The van der Waals surface area contributed by atoms with Gasteiger partial charge in [0.1, 0.15) is 0 Å². The van der Waals surface area contributed by atoms with Crippen molar-refractivity contribution in [2.45, 2.75) is 33.7 Å². The number of benzene rings is 1. The van der Waals surface area contributed by atoms with Crippen LogP contribution in [0.25, 0.3) is 0 Å². The van der Waals surface area contributed by atoms with Crippen LogP contribution in [0.5, 0.6) is 0 Å². The van der Waals surface area contributed by atoms with E-state index in [9.17, 15) is 4.79 Å². The Kier molecular flexibility index (Phi) is 4.55. The average molecular weight is 234 g/mol. The predicted octanol–water partition coefficient (Wildman–Crippen LogP) is 3.09. The molecule has 1 aromatic carbocycles. The molecule has 0 fully saturated rings.